The van der Waals surface area contributed by atoms with Gasteiger partial charge in [0.15, 0.2) is 0 Å². The summed E-state index contributed by atoms with van der Waals surface area (Å²) < 4.78 is 11.3. The standard InChI is InChI=1S/C14H22O3/c1-4-11-16-12-5-7-13(8-6-12)17-14(2,3)9-10-15/h5-8,15H,4,9-11H2,1-3H3. The van der Waals surface area contributed by atoms with Crippen LogP contribution in [0.25, 0.3) is 0 Å². The lowest BCUT2D eigenvalue weighted by Gasteiger charge is -2.25. The van der Waals surface area contributed by atoms with E-state index in [1.807, 2.05) is 38.1 Å². The third-order valence-electron chi connectivity index (χ3n) is 2.40. The predicted molar refractivity (Wildman–Crippen MR) is 68.6 cm³/mol. The molecule has 17 heavy (non-hydrogen) atoms. The van der Waals surface area contributed by atoms with Crippen molar-refractivity contribution in [2.75, 3.05) is 13.2 Å². The van der Waals surface area contributed by atoms with E-state index in [9.17, 15) is 0 Å². The summed E-state index contributed by atoms with van der Waals surface area (Å²) in [6.45, 7) is 6.87. The highest BCUT2D eigenvalue weighted by Gasteiger charge is 2.18. The molecule has 1 aromatic carbocycles. The average Bonchev–Trinajstić information content (AvgIpc) is 2.27. The average molecular weight is 238 g/mol. The van der Waals surface area contributed by atoms with Crippen LogP contribution in [0.2, 0.25) is 0 Å². The lowest BCUT2D eigenvalue weighted by atomic mass is 10.1. The molecule has 0 aromatic heterocycles. The Balaban J connectivity index is 2.55. The van der Waals surface area contributed by atoms with Gasteiger partial charge < -0.3 is 14.6 Å². The minimum absolute atomic E-state index is 0.130. The minimum Gasteiger partial charge on any atom is -0.494 e. The summed E-state index contributed by atoms with van der Waals surface area (Å²) in [4.78, 5) is 0. The van der Waals surface area contributed by atoms with Crippen LogP contribution in [0.3, 0.4) is 0 Å². The van der Waals surface area contributed by atoms with Crippen molar-refractivity contribution >= 4 is 0 Å². The molecule has 96 valence electrons. The predicted octanol–water partition coefficient (Wildman–Crippen LogP) is 3.02. The van der Waals surface area contributed by atoms with Gasteiger partial charge in [-0.05, 0) is 44.5 Å². The molecule has 3 heteroatoms. The van der Waals surface area contributed by atoms with Gasteiger partial charge in [-0.25, -0.2) is 0 Å². The fourth-order valence-corrected chi connectivity index (χ4v) is 1.46. The van der Waals surface area contributed by atoms with Gasteiger partial charge in [-0.3, -0.25) is 0 Å². The first-order chi connectivity index (χ1) is 8.07. The first-order valence-corrected chi connectivity index (χ1v) is 6.10. The smallest absolute Gasteiger partial charge is 0.120 e. The molecular weight excluding hydrogens is 216 g/mol. The second-order valence-electron chi connectivity index (χ2n) is 4.66. The molecule has 1 N–H and O–H groups in total. The van der Waals surface area contributed by atoms with Crippen LogP contribution >= 0.6 is 0 Å². The van der Waals surface area contributed by atoms with E-state index in [-0.39, 0.29) is 12.2 Å². The zero-order valence-electron chi connectivity index (χ0n) is 10.9. The van der Waals surface area contributed by atoms with Crippen molar-refractivity contribution in [1.82, 2.24) is 0 Å². The normalized spacial score (nSPS) is 11.3. The topological polar surface area (TPSA) is 38.7 Å². The van der Waals surface area contributed by atoms with E-state index < -0.39 is 0 Å². The Morgan fingerprint density at radius 3 is 2.24 bits per heavy atom. The highest BCUT2D eigenvalue weighted by Crippen LogP contribution is 2.23. The Morgan fingerprint density at radius 2 is 1.71 bits per heavy atom. The lowest BCUT2D eigenvalue weighted by molar-refractivity contribution is 0.0764. The van der Waals surface area contributed by atoms with Crippen molar-refractivity contribution in [3.63, 3.8) is 0 Å². The molecule has 1 aromatic rings. The molecule has 0 unspecified atom stereocenters. The van der Waals surface area contributed by atoms with E-state index in [1.165, 1.54) is 0 Å². The van der Waals surface area contributed by atoms with Crippen molar-refractivity contribution in [1.29, 1.82) is 0 Å². The van der Waals surface area contributed by atoms with E-state index in [2.05, 4.69) is 6.92 Å². The Kier molecular flexibility index (Phi) is 5.29. The van der Waals surface area contributed by atoms with Gasteiger partial charge in [-0.2, -0.15) is 0 Å². The summed E-state index contributed by atoms with van der Waals surface area (Å²) in [5.74, 6) is 1.66. The molecule has 3 nitrogen and oxygen atoms in total. The van der Waals surface area contributed by atoms with Crippen molar-refractivity contribution < 1.29 is 14.6 Å². The highest BCUT2D eigenvalue weighted by molar-refractivity contribution is 5.31. The Bertz CT molecular complexity index is 317. The van der Waals surface area contributed by atoms with E-state index in [0.717, 1.165) is 24.5 Å². The Hall–Kier alpha value is -1.22. The number of hydrogen-bond donors (Lipinski definition) is 1. The van der Waals surface area contributed by atoms with Crippen molar-refractivity contribution in [2.45, 2.75) is 39.2 Å². The van der Waals surface area contributed by atoms with Crippen LogP contribution in [0.15, 0.2) is 24.3 Å². The molecule has 0 fully saturated rings. The largest absolute Gasteiger partial charge is 0.494 e. The van der Waals surface area contributed by atoms with Gasteiger partial charge in [0.05, 0.1) is 6.61 Å². The van der Waals surface area contributed by atoms with E-state index in [1.54, 1.807) is 0 Å². The fourth-order valence-electron chi connectivity index (χ4n) is 1.46. The fraction of sp³-hybridized carbons (Fsp3) is 0.571. The quantitative estimate of drug-likeness (QED) is 0.793. The second kappa shape index (κ2) is 6.50. The number of benzene rings is 1. The molecule has 0 spiro atoms. The lowest BCUT2D eigenvalue weighted by Crippen LogP contribution is -2.29. The van der Waals surface area contributed by atoms with Crippen molar-refractivity contribution in [3.8, 4) is 11.5 Å². The van der Waals surface area contributed by atoms with Crippen LogP contribution in [0.1, 0.15) is 33.6 Å². The van der Waals surface area contributed by atoms with E-state index in [4.69, 9.17) is 14.6 Å². The summed E-state index contributed by atoms with van der Waals surface area (Å²) >= 11 is 0. The Labute approximate surface area is 103 Å². The maximum absolute atomic E-state index is 8.92. The SMILES string of the molecule is CCCOc1ccc(OC(C)(C)CCO)cc1. The van der Waals surface area contributed by atoms with Gasteiger partial charge in [-0.1, -0.05) is 6.92 Å². The van der Waals surface area contributed by atoms with Crippen molar-refractivity contribution in [2.24, 2.45) is 0 Å². The summed E-state index contributed by atoms with van der Waals surface area (Å²) in [6, 6.07) is 7.59. The molecule has 0 amide bonds. The molecule has 0 heterocycles. The molecule has 0 aliphatic heterocycles. The first-order valence-electron chi connectivity index (χ1n) is 6.10. The number of aliphatic hydroxyl groups excluding tert-OH is 1. The van der Waals surface area contributed by atoms with Gasteiger partial charge in [0.1, 0.15) is 17.1 Å². The van der Waals surface area contributed by atoms with Crippen LogP contribution < -0.4 is 9.47 Å². The third kappa shape index (κ3) is 5.09. The van der Waals surface area contributed by atoms with Gasteiger partial charge >= 0.3 is 0 Å². The molecule has 1 rings (SSSR count). The van der Waals surface area contributed by atoms with Crippen molar-refractivity contribution in [3.05, 3.63) is 24.3 Å². The molecule has 0 saturated carbocycles. The van der Waals surface area contributed by atoms with Gasteiger partial charge in [0.2, 0.25) is 0 Å². The highest BCUT2D eigenvalue weighted by atomic mass is 16.5. The van der Waals surface area contributed by atoms with E-state index >= 15 is 0 Å². The zero-order valence-corrected chi connectivity index (χ0v) is 10.9. The molecule has 0 radical (unpaired) electrons. The third-order valence-corrected chi connectivity index (χ3v) is 2.40. The summed E-state index contributed by atoms with van der Waals surface area (Å²) in [5.41, 5.74) is -0.347. The maximum atomic E-state index is 8.92. The second-order valence-corrected chi connectivity index (χ2v) is 4.66. The van der Waals surface area contributed by atoms with Crippen LogP contribution in [0, 0.1) is 0 Å². The van der Waals surface area contributed by atoms with Crippen LogP contribution in [-0.4, -0.2) is 23.9 Å². The monoisotopic (exact) mass is 238 g/mol. The minimum atomic E-state index is -0.347. The summed E-state index contributed by atoms with van der Waals surface area (Å²) in [6.07, 6.45) is 1.61. The molecular formula is C14H22O3. The van der Waals surface area contributed by atoms with Crippen LogP contribution in [0.5, 0.6) is 11.5 Å². The van der Waals surface area contributed by atoms with E-state index in [0.29, 0.717) is 6.42 Å². The van der Waals surface area contributed by atoms with Crippen LogP contribution in [0.4, 0.5) is 0 Å². The van der Waals surface area contributed by atoms with Gasteiger partial charge in [0.25, 0.3) is 0 Å². The molecule has 0 aliphatic carbocycles. The molecule has 0 aliphatic rings. The summed E-state index contributed by atoms with van der Waals surface area (Å²) in [7, 11) is 0. The number of ether oxygens (including phenoxy) is 2. The number of rotatable bonds is 7. The molecule has 0 atom stereocenters. The molecule has 0 saturated heterocycles. The van der Waals surface area contributed by atoms with Crippen LogP contribution in [-0.2, 0) is 0 Å². The number of aliphatic hydroxyl groups is 1. The first kappa shape index (κ1) is 13.8. The number of hydrogen-bond acceptors (Lipinski definition) is 3. The zero-order chi connectivity index (χ0) is 12.7. The molecule has 0 bridgehead atoms. The Morgan fingerprint density at radius 1 is 1.12 bits per heavy atom. The summed E-state index contributed by atoms with van der Waals surface area (Å²) in [5, 5.41) is 8.92. The maximum Gasteiger partial charge on any atom is 0.120 e. The van der Waals surface area contributed by atoms with Gasteiger partial charge in [-0.15, -0.1) is 0 Å². The van der Waals surface area contributed by atoms with Gasteiger partial charge in [0, 0.05) is 13.0 Å².